The van der Waals surface area contributed by atoms with Crippen molar-refractivity contribution in [1.82, 2.24) is 52.3 Å². The SMILES string of the molecule is c1ccc(-c2cccc(-n3c4ccccc4c4cc(-c5ccc6c(c5)c5ccncc5n6-c5cccc6ccccc56)ccc43)c2)cc1.c1ccc(-n2c3ccc(-c4ccc5c(c4)c4cccnc4n5-c4ccccc4)cc3c3cccnc32)cc1.c1ccc(-n2c3ccc(-c4ccc5c(c4)c4cccnc4n5-c4ccccc4)cc3c3ccncc32)cc1. The van der Waals surface area contributed by atoms with Gasteiger partial charge in [-0.3, -0.25) is 23.7 Å². The molecular formula is C113H73N11. The average Bonchev–Trinajstić information content (AvgIpc) is 1.60. The van der Waals surface area contributed by atoms with Crippen LogP contribution in [0.5, 0.6) is 0 Å². The molecule has 0 fully saturated rings. The Hall–Kier alpha value is -16.9. The molecule has 0 bridgehead atoms. The molecule has 0 unspecified atom stereocenters. The summed E-state index contributed by atoms with van der Waals surface area (Å²) in [5.41, 5.74) is 29.7. The van der Waals surface area contributed by atoms with E-state index in [2.05, 4.69) is 395 Å². The fourth-order valence-corrected chi connectivity index (χ4v) is 19.1. The molecule has 0 radical (unpaired) electrons. The predicted octanol–water partition coefficient (Wildman–Crippen LogP) is 28.4. The monoisotopic (exact) mass is 1580 g/mol. The van der Waals surface area contributed by atoms with Crippen molar-refractivity contribution >= 4 is 142 Å². The third-order valence-corrected chi connectivity index (χ3v) is 24.7. The lowest BCUT2D eigenvalue weighted by atomic mass is 10.0. The summed E-state index contributed by atoms with van der Waals surface area (Å²) in [6.45, 7) is 0. The highest BCUT2D eigenvalue weighted by molar-refractivity contribution is 6.17. The van der Waals surface area contributed by atoms with Crippen molar-refractivity contribution < 1.29 is 0 Å². The van der Waals surface area contributed by atoms with Crippen molar-refractivity contribution in [2.75, 3.05) is 0 Å². The minimum atomic E-state index is 0.971. The quantitative estimate of drug-likeness (QED) is 0.136. The molecule has 124 heavy (non-hydrogen) atoms. The standard InChI is InChI=1S/C45H29N3.2C34H22N4/c1-2-10-30(11-3-1)32-14-8-15-35(26-32)47-42-18-7-6-17-37(42)39-27-33(20-22-43(39)47)34-21-23-44-40(28-34)38-24-25-46-29-45(38)48(44)41-19-9-13-31-12-4-5-16-36(31)41;1-3-9-25(10-4-1)37-31-17-15-23(21-29(31)27-13-7-19-35-33(27)37)24-16-18-32-30(22-24)28-14-8-20-36-34(28)38(32)26-11-5-2-6-12-26;1-3-8-25(9-4-1)37-31-15-13-23(20-29(31)27-17-19-35-22-33(27)37)24-14-16-32-30(21-24)28-12-7-18-36-34(28)38(32)26-10-5-2-6-11-26/h1-29H;2*1-22H. The second-order valence-electron chi connectivity index (χ2n) is 31.6. The number of aromatic nitrogens is 11. The van der Waals surface area contributed by atoms with Crippen LogP contribution in [0.4, 0.5) is 0 Å². The Bertz CT molecular complexity index is 8050. The van der Waals surface area contributed by atoms with E-state index in [1.54, 1.807) is 0 Å². The van der Waals surface area contributed by atoms with Crippen LogP contribution in [0.2, 0.25) is 0 Å². The Balaban J connectivity index is 0.000000106. The highest BCUT2D eigenvalue weighted by atomic mass is 15.1. The highest BCUT2D eigenvalue weighted by Gasteiger charge is 2.23. The van der Waals surface area contributed by atoms with Crippen molar-refractivity contribution in [3.63, 3.8) is 0 Å². The lowest BCUT2D eigenvalue weighted by Gasteiger charge is -2.12. The first-order valence-corrected chi connectivity index (χ1v) is 41.9. The van der Waals surface area contributed by atoms with Gasteiger partial charge in [-0.2, -0.15) is 0 Å². The van der Waals surface area contributed by atoms with Gasteiger partial charge in [-0.1, -0.05) is 206 Å². The average molecular weight is 1580 g/mol. The zero-order chi connectivity index (χ0) is 81.7. The van der Waals surface area contributed by atoms with Gasteiger partial charge in [-0.25, -0.2) is 15.0 Å². The van der Waals surface area contributed by atoms with Crippen LogP contribution in [0.3, 0.4) is 0 Å². The molecule has 11 aromatic heterocycles. The Morgan fingerprint density at radius 2 is 0.444 bits per heavy atom. The van der Waals surface area contributed by atoms with E-state index < -0.39 is 0 Å². The van der Waals surface area contributed by atoms with Crippen molar-refractivity contribution in [2.24, 2.45) is 0 Å². The maximum Gasteiger partial charge on any atom is 0.145 e. The zero-order valence-corrected chi connectivity index (χ0v) is 67.1. The van der Waals surface area contributed by atoms with Crippen LogP contribution in [0.15, 0.2) is 444 Å². The highest BCUT2D eigenvalue weighted by Crippen LogP contribution is 2.44. The number of rotatable bonds is 10. The van der Waals surface area contributed by atoms with E-state index in [1.165, 1.54) is 132 Å². The van der Waals surface area contributed by atoms with Crippen LogP contribution in [-0.2, 0) is 0 Å². The van der Waals surface area contributed by atoms with E-state index in [0.717, 1.165) is 89.1 Å². The molecule has 11 heterocycles. The van der Waals surface area contributed by atoms with Crippen LogP contribution in [0.25, 0.3) is 221 Å². The van der Waals surface area contributed by atoms with E-state index in [0.29, 0.717) is 0 Å². The van der Waals surface area contributed by atoms with Crippen molar-refractivity contribution in [1.29, 1.82) is 0 Å². The van der Waals surface area contributed by atoms with Crippen LogP contribution >= 0.6 is 0 Å². The van der Waals surface area contributed by atoms with Crippen molar-refractivity contribution in [2.45, 2.75) is 0 Å². The lowest BCUT2D eigenvalue weighted by Crippen LogP contribution is -1.95. The first-order chi connectivity index (χ1) is 61.5. The molecule has 26 rings (SSSR count). The van der Waals surface area contributed by atoms with E-state index >= 15 is 0 Å². The first kappa shape index (κ1) is 71.2. The van der Waals surface area contributed by atoms with E-state index in [1.807, 2.05) is 85.8 Å². The molecule has 580 valence electrons. The van der Waals surface area contributed by atoms with Crippen LogP contribution in [0.1, 0.15) is 0 Å². The molecule has 26 aromatic rings. The van der Waals surface area contributed by atoms with Gasteiger partial charge in [0, 0.05) is 129 Å². The van der Waals surface area contributed by atoms with Gasteiger partial charge in [0.25, 0.3) is 0 Å². The largest absolute Gasteiger partial charge is 0.309 e. The number of benzene rings is 15. The molecule has 11 heteroatoms. The second kappa shape index (κ2) is 29.6. The minimum absolute atomic E-state index is 0.971. The molecule has 0 N–H and O–H groups in total. The van der Waals surface area contributed by atoms with Crippen molar-refractivity contribution in [3.05, 3.63) is 444 Å². The molecule has 11 nitrogen and oxygen atoms in total. The smallest absolute Gasteiger partial charge is 0.145 e. The number of para-hydroxylation sites is 5. The van der Waals surface area contributed by atoms with E-state index in [4.69, 9.17) is 15.0 Å². The number of nitrogens with zero attached hydrogens (tertiary/aromatic N) is 11. The van der Waals surface area contributed by atoms with Gasteiger partial charge in [-0.05, 0) is 244 Å². The summed E-state index contributed by atoms with van der Waals surface area (Å²) in [7, 11) is 0. The van der Waals surface area contributed by atoms with Crippen molar-refractivity contribution in [3.8, 4) is 78.6 Å². The van der Waals surface area contributed by atoms with Crippen LogP contribution in [0, 0.1) is 0 Å². The molecule has 0 spiro atoms. The summed E-state index contributed by atoms with van der Waals surface area (Å²) >= 11 is 0. The molecule has 0 aliphatic rings. The first-order valence-electron chi connectivity index (χ1n) is 41.9. The number of pyridine rings is 5. The summed E-state index contributed by atoms with van der Waals surface area (Å²) < 4.78 is 13.8. The Kier molecular flexibility index (Phi) is 17.0. The zero-order valence-electron chi connectivity index (χ0n) is 67.1. The van der Waals surface area contributed by atoms with Gasteiger partial charge in [0.05, 0.1) is 67.7 Å². The molecule has 0 atom stereocenters. The van der Waals surface area contributed by atoms with Gasteiger partial charge in [0.2, 0.25) is 0 Å². The van der Waals surface area contributed by atoms with Crippen LogP contribution in [-0.4, -0.2) is 52.3 Å². The predicted molar refractivity (Wildman–Crippen MR) is 514 cm³/mol. The van der Waals surface area contributed by atoms with Gasteiger partial charge in [0.15, 0.2) is 0 Å². The second-order valence-corrected chi connectivity index (χ2v) is 31.6. The van der Waals surface area contributed by atoms with E-state index in [-0.39, 0.29) is 0 Å². The molecule has 0 aliphatic carbocycles. The maximum atomic E-state index is 4.76. The van der Waals surface area contributed by atoms with Gasteiger partial charge in [0.1, 0.15) is 16.9 Å². The molecule has 15 aromatic carbocycles. The normalized spacial score (nSPS) is 11.7. The Morgan fingerprint density at radius 3 is 0.887 bits per heavy atom. The summed E-state index contributed by atoms with van der Waals surface area (Å²) in [5.74, 6) is 0. The summed E-state index contributed by atoms with van der Waals surface area (Å²) in [6, 6.07) is 143. The lowest BCUT2D eigenvalue weighted by molar-refractivity contribution is 1.13. The maximum absolute atomic E-state index is 4.76. The third kappa shape index (κ3) is 11.8. The molecule has 0 saturated carbocycles. The number of hydrogen-bond acceptors (Lipinski definition) is 5. The fraction of sp³-hybridized carbons (Fsp3) is 0. The van der Waals surface area contributed by atoms with Gasteiger partial charge >= 0.3 is 0 Å². The van der Waals surface area contributed by atoms with Gasteiger partial charge in [-0.15, -0.1) is 0 Å². The molecule has 0 aliphatic heterocycles. The van der Waals surface area contributed by atoms with E-state index in [9.17, 15) is 0 Å². The summed E-state index contributed by atoms with van der Waals surface area (Å²) in [5, 5.41) is 16.8. The molecule has 0 amide bonds. The fourth-order valence-electron chi connectivity index (χ4n) is 19.1. The number of hydrogen-bond donors (Lipinski definition) is 0. The Labute approximate surface area is 712 Å². The summed E-state index contributed by atoms with van der Waals surface area (Å²) in [6.07, 6.45) is 13.3. The van der Waals surface area contributed by atoms with Crippen LogP contribution < -0.4 is 0 Å². The minimum Gasteiger partial charge on any atom is -0.309 e. The Morgan fingerprint density at radius 1 is 0.153 bits per heavy atom. The third-order valence-electron chi connectivity index (χ3n) is 24.7. The van der Waals surface area contributed by atoms with Gasteiger partial charge < -0.3 is 13.7 Å². The molecular weight excluding hydrogens is 1510 g/mol. The number of fused-ring (bicyclic) bond motifs is 19. The summed E-state index contributed by atoms with van der Waals surface area (Å²) in [4.78, 5) is 23.3. The topological polar surface area (TPSA) is 94.0 Å². The molecule has 0 saturated heterocycles.